The van der Waals surface area contributed by atoms with Crippen LogP contribution in [0.5, 0.6) is 0 Å². The highest BCUT2D eigenvalue weighted by Crippen LogP contribution is 2.27. The number of rotatable bonds is 7. The van der Waals surface area contributed by atoms with E-state index in [1.807, 2.05) is 5.38 Å². The van der Waals surface area contributed by atoms with Crippen molar-refractivity contribution < 1.29 is 14.7 Å². The highest BCUT2D eigenvalue weighted by atomic mass is 35.5. The second-order valence-electron chi connectivity index (χ2n) is 5.04. The molecule has 1 aromatic carbocycles. The molecule has 1 aromatic heterocycles. The van der Waals surface area contributed by atoms with Crippen LogP contribution >= 0.6 is 22.9 Å². The molecule has 1 atom stereocenters. The number of carboxylic acid groups (broad SMARTS) is 1. The van der Waals surface area contributed by atoms with E-state index in [0.717, 1.165) is 5.01 Å². The Hall–Kier alpha value is -1.92. The molecule has 23 heavy (non-hydrogen) atoms. The van der Waals surface area contributed by atoms with E-state index in [4.69, 9.17) is 11.6 Å². The van der Waals surface area contributed by atoms with Gasteiger partial charge in [-0.05, 0) is 24.1 Å². The van der Waals surface area contributed by atoms with E-state index in [-0.39, 0.29) is 18.7 Å². The number of carboxylic acids is 1. The minimum Gasteiger partial charge on any atom is -0.479 e. The number of aryl methyl sites for hydroxylation is 1. The largest absolute Gasteiger partial charge is 0.479 e. The number of nitrogens with one attached hydrogen (secondary N) is 1. The third-order valence-corrected chi connectivity index (χ3v) is 4.73. The molecule has 0 bridgehead atoms. The molecule has 0 saturated heterocycles. The number of hydrogen-bond donors (Lipinski definition) is 2. The summed E-state index contributed by atoms with van der Waals surface area (Å²) in [5, 5.41) is 15.6. The van der Waals surface area contributed by atoms with Gasteiger partial charge in [0.15, 0.2) is 5.54 Å². The molecule has 0 saturated carbocycles. The normalized spacial score (nSPS) is 13.3. The van der Waals surface area contributed by atoms with Crippen LogP contribution in [0.25, 0.3) is 0 Å². The molecular weight excluding hydrogens is 336 g/mol. The van der Waals surface area contributed by atoms with Crippen molar-refractivity contribution in [3.05, 3.63) is 51.4 Å². The molecule has 0 aliphatic rings. The van der Waals surface area contributed by atoms with E-state index in [9.17, 15) is 14.7 Å². The molecule has 1 unspecified atom stereocenters. The third-order valence-electron chi connectivity index (χ3n) is 3.63. The first-order valence-electron chi connectivity index (χ1n) is 7.16. The topological polar surface area (TPSA) is 79.3 Å². The Morgan fingerprint density at radius 1 is 1.35 bits per heavy atom. The number of carbonyl (C=O) groups excluding carboxylic acids is 1. The van der Waals surface area contributed by atoms with Gasteiger partial charge >= 0.3 is 5.97 Å². The van der Waals surface area contributed by atoms with Crippen molar-refractivity contribution in [1.29, 1.82) is 0 Å². The fourth-order valence-corrected chi connectivity index (χ4v) is 3.07. The SMILES string of the molecule is CCC(NC(=O)CCc1nccs1)(C(=O)O)c1ccc(Cl)cc1. The van der Waals surface area contributed by atoms with Gasteiger partial charge in [-0.3, -0.25) is 4.79 Å². The van der Waals surface area contributed by atoms with Crippen molar-refractivity contribution in [1.82, 2.24) is 10.3 Å². The molecule has 0 fully saturated rings. The number of thiazole rings is 1. The van der Waals surface area contributed by atoms with E-state index in [1.165, 1.54) is 11.3 Å². The summed E-state index contributed by atoms with van der Waals surface area (Å²) in [6.45, 7) is 1.73. The first kappa shape index (κ1) is 17.4. The predicted molar refractivity (Wildman–Crippen MR) is 89.6 cm³/mol. The Morgan fingerprint density at radius 3 is 2.57 bits per heavy atom. The van der Waals surface area contributed by atoms with Crippen molar-refractivity contribution in [2.24, 2.45) is 0 Å². The molecule has 0 aliphatic carbocycles. The maximum absolute atomic E-state index is 12.2. The molecule has 0 radical (unpaired) electrons. The second kappa shape index (κ2) is 7.57. The van der Waals surface area contributed by atoms with Gasteiger partial charge in [-0.2, -0.15) is 0 Å². The highest BCUT2D eigenvalue weighted by Gasteiger charge is 2.40. The average Bonchev–Trinajstić information content (AvgIpc) is 3.05. The van der Waals surface area contributed by atoms with Crippen LogP contribution in [-0.2, 0) is 21.5 Å². The van der Waals surface area contributed by atoms with Crippen LogP contribution in [0, 0.1) is 0 Å². The Labute approximate surface area is 143 Å². The first-order valence-corrected chi connectivity index (χ1v) is 8.42. The second-order valence-corrected chi connectivity index (χ2v) is 6.46. The molecule has 0 spiro atoms. The lowest BCUT2D eigenvalue weighted by Gasteiger charge is -2.30. The number of benzene rings is 1. The Bertz CT molecular complexity index is 673. The predicted octanol–water partition coefficient (Wildman–Crippen LogP) is 3.24. The van der Waals surface area contributed by atoms with Crippen LogP contribution in [0.2, 0.25) is 5.02 Å². The van der Waals surface area contributed by atoms with Crippen molar-refractivity contribution in [2.45, 2.75) is 31.7 Å². The van der Waals surface area contributed by atoms with Crippen LogP contribution in [0.4, 0.5) is 0 Å². The van der Waals surface area contributed by atoms with Crippen molar-refractivity contribution >= 4 is 34.8 Å². The van der Waals surface area contributed by atoms with Gasteiger partial charge in [-0.25, -0.2) is 9.78 Å². The molecule has 2 N–H and O–H groups in total. The smallest absolute Gasteiger partial charge is 0.334 e. The van der Waals surface area contributed by atoms with E-state index in [0.29, 0.717) is 17.0 Å². The minimum absolute atomic E-state index is 0.191. The highest BCUT2D eigenvalue weighted by molar-refractivity contribution is 7.09. The number of amides is 1. The quantitative estimate of drug-likeness (QED) is 0.801. The zero-order chi connectivity index (χ0) is 16.9. The van der Waals surface area contributed by atoms with Gasteiger partial charge in [0.1, 0.15) is 0 Å². The Kier molecular flexibility index (Phi) is 5.74. The summed E-state index contributed by atoms with van der Waals surface area (Å²) in [6.07, 6.45) is 2.59. The summed E-state index contributed by atoms with van der Waals surface area (Å²) in [7, 11) is 0. The van der Waals surface area contributed by atoms with E-state index < -0.39 is 11.5 Å². The first-order chi connectivity index (χ1) is 11.0. The van der Waals surface area contributed by atoms with Crippen molar-refractivity contribution in [3.63, 3.8) is 0 Å². The van der Waals surface area contributed by atoms with Gasteiger partial charge in [-0.1, -0.05) is 30.7 Å². The molecule has 2 aromatic rings. The number of aromatic nitrogens is 1. The van der Waals surface area contributed by atoms with Crippen LogP contribution in [-0.4, -0.2) is 22.0 Å². The van der Waals surface area contributed by atoms with Gasteiger partial charge in [0.25, 0.3) is 0 Å². The number of halogens is 1. The fourth-order valence-electron chi connectivity index (χ4n) is 2.32. The molecule has 1 amide bonds. The monoisotopic (exact) mass is 352 g/mol. The lowest BCUT2D eigenvalue weighted by atomic mass is 9.87. The molecule has 0 aliphatic heterocycles. The molecule has 122 valence electrons. The molecule has 5 nitrogen and oxygen atoms in total. The minimum atomic E-state index is -1.45. The molecule has 1 heterocycles. The van der Waals surface area contributed by atoms with Crippen LogP contribution in [0.15, 0.2) is 35.8 Å². The van der Waals surface area contributed by atoms with Crippen LogP contribution in [0.1, 0.15) is 30.3 Å². The van der Waals surface area contributed by atoms with Gasteiger partial charge in [0.05, 0.1) is 5.01 Å². The van der Waals surface area contributed by atoms with Crippen molar-refractivity contribution in [3.8, 4) is 0 Å². The summed E-state index contributed by atoms with van der Waals surface area (Å²) in [5.74, 6) is -1.41. The summed E-state index contributed by atoms with van der Waals surface area (Å²) in [5.41, 5.74) is -0.954. The van der Waals surface area contributed by atoms with Crippen LogP contribution < -0.4 is 5.32 Å². The van der Waals surface area contributed by atoms with Gasteiger partial charge in [-0.15, -0.1) is 11.3 Å². The summed E-state index contributed by atoms with van der Waals surface area (Å²) in [6, 6.07) is 6.49. The zero-order valence-corrected chi connectivity index (χ0v) is 14.2. The average molecular weight is 353 g/mol. The standard InChI is InChI=1S/C16H17ClN2O3S/c1-2-16(15(21)22,11-3-5-12(17)6-4-11)19-13(20)7-8-14-18-9-10-23-14/h3-6,9-10H,2,7-8H2,1H3,(H,19,20)(H,21,22). The van der Waals surface area contributed by atoms with Gasteiger partial charge in [0, 0.05) is 29.4 Å². The number of carbonyl (C=O) groups is 2. The zero-order valence-electron chi connectivity index (χ0n) is 12.6. The molecule has 7 heteroatoms. The van der Waals surface area contributed by atoms with Crippen LogP contribution in [0.3, 0.4) is 0 Å². The lowest BCUT2D eigenvalue weighted by Crippen LogP contribution is -2.51. The maximum Gasteiger partial charge on any atom is 0.334 e. The van der Waals surface area contributed by atoms with E-state index in [2.05, 4.69) is 10.3 Å². The number of nitrogens with zero attached hydrogens (tertiary/aromatic N) is 1. The molecule has 2 rings (SSSR count). The van der Waals surface area contributed by atoms with Gasteiger partial charge in [0.2, 0.25) is 5.91 Å². The molecular formula is C16H17ClN2O3S. The summed E-state index contributed by atoms with van der Waals surface area (Å²) in [4.78, 5) is 28.2. The Morgan fingerprint density at radius 2 is 2.04 bits per heavy atom. The number of hydrogen-bond acceptors (Lipinski definition) is 4. The van der Waals surface area contributed by atoms with E-state index >= 15 is 0 Å². The summed E-state index contributed by atoms with van der Waals surface area (Å²) >= 11 is 7.33. The lowest BCUT2D eigenvalue weighted by molar-refractivity contribution is -0.148. The van der Waals surface area contributed by atoms with Crippen molar-refractivity contribution in [2.75, 3.05) is 0 Å². The van der Waals surface area contributed by atoms with E-state index in [1.54, 1.807) is 37.4 Å². The third kappa shape index (κ3) is 4.09. The fraction of sp³-hybridized carbons (Fsp3) is 0.312. The number of aliphatic carboxylic acids is 1. The Balaban J connectivity index is 2.16. The maximum atomic E-state index is 12.2. The van der Waals surface area contributed by atoms with Gasteiger partial charge < -0.3 is 10.4 Å². The summed E-state index contributed by atoms with van der Waals surface area (Å²) < 4.78 is 0.